The molecule has 1 rings (SSSR count). The number of halogens is 1. The molecule has 1 atom stereocenters. The lowest BCUT2D eigenvalue weighted by molar-refractivity contribution is -0.384. The predicted octanol–water partition coefficient (Wildman–Crippen LogP) is 1.84. The summed E-state index contributed by atoms with van der Waals surface area (Å²) in [5.74, 6) is -1.90. The van der Waals surface area contributed by atoms with E-state index in [1.165, 1.54) is 6.07 Å². The summed E-state index contributed by atoms with van der Waals surface area (Å²) in [6.07, 6.45) is 0.198. The van der Waals surface area contributed by atoms with Gasteiger partial charge in [0.05, 0.1) is 4.92 Å². The van der Waals surface area contributed by atoms with Gasteiger partial charge in [-0.2, -0.15) is 0 Å². The van der Waals surface area contributed by atoms with Crippen molar-refractivity contribution < 1.29 is 19.6 Å². The molecule has 19 heavy (non-hydrogen) atoms. The van der Waals surface area contributed by atoms with Crippen molar-refractivity contribution in [3.63, 3.8) is 0 Å². The highest BCUT2D eigenvalue weighted by Crippen LogP contribution is 2.20. The van der Waals surface area contributed by atoms with Crippen LogP contribution in [0.1, 0.15) is 23.7 Å². The second-order valence-electron chi connectivity index (χ2n) is 3.73. The Morgan fingerprint density at radius 1 is 1.47 bits per heavy atom. The highest BCUT2D eigenvalue weighted by molar-refractivity contribution is 6.31. The zero-order valence-electron chi connectivity index (χ0n) is 9.92. The number of carbonyl (C=O) groups excluding carboxylic acids is 1. The first-order valence-electron chi connectivity index (χ1n) is 5.33. The van der Waals surface area contributed by atoms with E-state index < -0.39 is 22.8 Å². The predicted molar refractivity (Wildman–Crippen MR) is 67.3 cm³/mol. The van der Waals surface area contributed by atoms with Crippen molar-refractivity contribution in [2.24, 2.45) is 0 Å². The maximum atomic E-state index is 11.8. The third kappa shape index (κ3) is 3.92. The molecule has 0 aliphatic rings. The minimum absolute atomic E-state index is 0.0303. The third-order valence-corrected chi connectivity index (χ3v) is 2.59. The molecule has 0 saturated carbocycles. The van der Waals surface area contributed by atoms with Crippen LogP contribution in [0.3, 0.4) is 0 Å². The number of amides is 1. The second-order valence-corrected chi connectivity index (χ2v) is 4.16. The molecule has 0 aliphatic carbocycles. The number of nitrogens with zero attached hydrogens (tertiary/aromatic N) is 1. The van der Waals surface area contributed by atoms with Gasteiger partial charge in [-0.05, 0) is 12.5 Å². The molecule has 1 aromatic carbocycles. The van der Waals surface area contributed by atoms with Crippen LogP contribution in [0.15, 0.2) is 18.2 Å². The largest absolute Gasteiger partial charge is 0.480 e. The zero-order chi connectivity index (χ0) is 14.6. The molecule has 0 bridgehead atoms. The quantitative estimate of drug-likeness (QED) is 0.634. The van der Waals surface area contributed by atoms with E-state index in [0.29, 0.717) is 0 Å². The lowest BCUT2D eigenvalue weighted by Crippen LogP contribution is -2.40. The number of carboxylic acids is 1. The number of rotatable bonds is 5. The van der Waals surface area contributed by atoms with Crippen molar-refractivity contribution in [1.82, 2.24) is 5.32 Å². The molecule has 0 radical (unpaired) electrons. The molecule has 0 spiro atoms. The molecule has 0 fully saturated rings. The van der Waals surface area contributed by atoms with Gasteiger partial charge in [0.25, 0.3) is 11.6 Å². The van der Waals surface area contributed by atoms with Gasteiger partial charge < -0.3 is 10.4 Å². The maximum absolute atomic E-state index is 11.8. The standard InChI is InChI=1S/C11H11ClN2O5/c1-2-9(11(16)17)13-10(15)6-3-7(12)5-8(4-6)14(18)19/h3-5,9H,2H2,1H3,(H,13,15)(H,16,17)/t9-/m0/s1. The van der Waals surface area contributed by atoms with Crippen LogP contribution in [0.5, 0.6) is 0 Å². The van der Waals surface area contributed by atoms with Crippen LogP contribution in [-0.4, -0.2) is 27.9 Å². The molecule has 8 heteroatoms. The van der Waals surface area contributed by atoms with Gasteiger partial charge in [-0.1, -0.05) is 18.5 Å². The Labute approximate surface area is 113 Å². The van der Waals surface area contributed by atoms with E-state index in [1.807, 2.05) is 0 Å². The fourth-order valence-corrected chi connectivity index (χ4v) is 1.62. The number of non-ortho nitro benzene ring substituents is 1. The zero-order valence-corrected chi connectivity index (χ0v) is 10.7. The van der Waals surface area contributed by atoms with Crippen LogP contribution in [0.2, 0.25) is 5.02 Å². The SMILES string of the molecule is CC[C@H](NC(=O)c1cc(Cl)cc([N+](=O)[O-])c1)C(=O)O. The van der Waals surface area contributed by atoms with Crippen molar-refractivity contribution >= 4 is 29.2 Å². The summed E-state index contributed by atoms with van der Waals surface area (Å²) in [6.45, 7) is 1.60. The minimum Gasteiger partial charge on any atom is -0.480 e. The van der Waals surface area contributed by atoms with Gasteiger partial charge in [-0.25, -0.2) is 4.79 Å². The first-order valence-corrected chi connectivity index (χ1v) is 5.71. The maximum Gasteiger partial charge on any atom is 0.326 e. The van der Waals surface area contributed by atoms with Gasteiger partial charge in [0.1, 0.15) is 6.04 Å². The Morgan fingerprint density at radius 3 is 2.58 bits per heavy atom. The van der Waals surface area contributed by atoms with Gasteiger partial charge in [-0.15, -0.1) is 0 Å². The monoisotopic (exact) mass is 286 g/mol. The molecule has 102 valence electrons. The molecule has 0 unspecified atom stereocenters. The Hall–Kier alpha value is -2.15. The highest BCUT2D eigenvalue weighted by Gasteiger charge is 2.20. The van der Waals surface area contributed by atoms with Crippen LogP contribution in [0, 0.1) is 10.1 Å². The van der Waals surface area contributed by atoms with Crippen molar-refractivity contribution in [3.05, 3.63) is 38.9 Å². The van der Waals surface area contributed by atoms with E-state index in [1.54, 1.807) is 6.92 Å². The smallest absolute Gasteiger partial charge is 0.326 e. The number of carbonyl (C=O) groups is 2. The van der Waals surface area contributed by atoms with Crippen molar-refractivity contribution in [3.8, 4) is 0 Å². The van der Waals surface area contributed by atoms with E-state index in [9.17, 15) is 19.7 Å². The molecule has 7 nitrogen and oxygen atoms in total. The Bertz CT molecular complexity index is 532. The summed E-state index contributed by atoms with van der Waals surface area (Å²) < 4.78 is 0. The number of hydrogen-bond acceptors (Lipinski definition) is 4. The molecule has 0 aromatic heterocycles. The number of carboxylic acid groups (broad SMARTS) is 1. The fourth-order valence-electron chi connectivity index (χ4n) is 1.39. The average Bonchev–Trinajstić information content (AvgIpc) is 2.34. The third-order valence-electron chi connectivity index (χ3n) is 2.37. The van der Waals surface area contributed by atoms with E-state index >= 15 is 0 Å². The van der Waals surface area contributed by atoms with Crippen LogP contribution in [0.25, 0.3) is 0 Å². The van der Waals surface area contributed by atoms with Crippen LogP contribution in [-0.2, 0) is 4.79 Å². The van der Waals surface area contributed by atoms with Crippen LogP contribution < -0.4 is 5.32 Å². The molecule has 0 aliphatic heterocycles. The first-order chi connectivity index (χ1) is 8.85. The van der Waals surface area contributed by atoms with E-state index in [0.717, 1.165) is 12.1 Å². The average molecular weight is 287 g/mol. The summed E-state index contributed by atoms with van der Waals surface area (Å²) in [7, 11) is 0. The summed E-state index contributed by atoms with van der Waals surface area (Å²) in [6, 6.07) is 2.33. The number of aliphatic carboxylic acids is 1. The summed E-state index contributed by atoms with van der Waals surface area (Å²) in [5.41, 5.74) is -0.389. The number of benzene rings is 1. The lowest BCUT2D eigenvalue weighted by Gasteiger charge is -2.12. The minimum atomic E-state index is -1.17. The Balaban J connectivity index is 2.99. The molecule has 1 amide bonds. The molecule has 0 heterocycles. The van der Waals surface area contributed by atoms with Crippen molar-refractivity contribution in [2.45, 2.75) is 19.4 Å². The summed E-state index contributed by atoms with van der Waals surface area (Å²) >= 11 is 5.67. The van der Waals surface area contributed by atoms with Gasteiger partial charge in [-0.3, -0.25) is 14.9 Å². The molecule has 0 saturated heterocycles. The van der Waals surface area contributed by atoms with Gasteiger partial charge in [0.2, 0.25) is 0 Å². The normalized spacial score (nSPS) is 11.7. The van der Waals surface area contributed by atoms with Crippen LogP contribution in [0.4, 0.5) is 5.69 Å². The second kappa shape index (κ2) is 6.14. The molecule has 2 N–H and O–H groups in total. The van der Waals surface area contributed by atoms with Gasteiger partial charge in [0, 0.05) is 22.7 Å². The number of nitro benzene ring substituents is 1. The number of nitro groups is 1. The van der Waals surface area contributed by atoms with E-state index in [-0.39, 0.29) is 22.7 Å². The first kappa shape index (κ1) is 14.9. The van der Waals surface area contributed by atoms with E-state index in [4.69, 9.17) is 16.7 Å². The van der Waals surface area contributed by atoms with Crippen LogP contribution >= 0.6 is 11.6 Å². The van der Waals surface area contributed by atoms with Crippen molar-refractivity contribution in [2.75, 3.05) is 0 Å². The summed E-state index contributed by atoms with van der Waals surface area (Å²) in [5, 5.41) is 21.7. The fraction of sp³-hybridized carbons (Fsp3) is 0.273. The molecule has 1 aromatic rings. The Morgan fingerprint density at radius 2 is 2.11 bits per heavy atom. The lowest BCUT2D eigenvalue weighted by atomic mass is 10.1. The van der Waals surface area contributed by atoms with Gasteiger partial charge in [0.15, 0.2) is 0 Å². The van der Waals surface area contributed by atoms with Gasteiger partial charge >= 0.3 is 5.97 Å². The highest BCUT2D eigenvalue weighted by atomic mass is 35.5. The molecular formula is C11H11ClN2O5. The number of hydrogen-bond donors (Lipinski definition) is 2. The van der Waals surface area contributed by atoms with E-state index in [2.05, 4.69) is 5.32 Å². The Kier molecular flexibility index (Phi) is 4.82. The topological polar surface area (TPSA) is 110 Å². The number of nitrogens with one attached hydrogen (secondary N) is 1. The molecular weight excluding hydrogens is 276 g/mol. The van der Waals surface area contributed by atoms with Crippen molar-refractivity contribution in [1.29, 1.82) is 0 Å². The summed E-state index contributed by atoms with van der Waals surface area (Å²) in [4.78, 5) is 32.5.